The average molecular weight is 273 g/mol. The largest absolute Gasteiger partial charge is 0.387 e. The van der Waals surface area contributed by atoms with Crippen LogP contribution in [0.1, 0.15) is 35.8 Å². The third-order valence-electron chi connectivity index (χ3n) is 3.48. The molecule has 0 aliphatic heterocycles. The molecule has 2 N–H and O–H groups in total. The predicted octanol–water partition coefficient (Wildman–Crippen LogP) is 3.52. The maximum absolute atomic E-state index is 13.2. The molecule has 0 saturated heterocycles. The molecule has 20 heavy (non-hydrogen) atoms. The molecule has 0 spiro atoms. The van der Waals surface area contributed by atoms with Crippen molar-refractivity contribution in [1.82, 2.24) is 5.32 Å². The van der Waals surface area contributed by atoms with Gasteiger partial charge in [0.25, 0.3) is 0 Å². The van der Waals surface area contributed by atoms with Gasteiger partial charge in [-0.2, -0.15) is 0 Å². The minimum atomic E-state index is -0.638. The highest BCUT2D eigenvalue weighted by Gasteiger charge is 2.11. The van der Waals surface area contributed by atoms with Crippen molar-refractivity contribution in [3.63, 3.8) is 0 Å². The summed E-state index contributed by atoms with van der Waals surface area (Å²) in [5.74, 6) is -0.244. The molecule has 0 amide bonds. The number of aliphatic hydroxyl groups excluding tert-OH is 1. The number of halogens is 1. The highest BCUT2D eigenvalue weighted by molar-refractivity contribution is 5.26. The van der Waals surface area contributed by atoms with Gasteiger partial charge < -0.3 is 10.4 Å². The fourth-order valence-electron chi connectivity index (χ4n) is 2.14. The Morgan fingerprint density at radius 2 is 1.80 bits per heavy atom. The molecule has 0 aliphatic rings. The Bertz CT molecular complexity index is 556. The average Bonchev–Trinajstić information content (AvgIpc) is 2.48. The Balaban J connectivity index is 1.95. The van der Waals surface area contributed by atoms with Crippen molar-refractivity contribution >= 4 is 0 Å². The van der Waals surface area contributed by atoms with Crippen LogP contribution < -0.4 is 5.32 Å². The number of nitrogens with one attached hydrogen (secondary N) is 1. The van der Waals surface area contributed by atoms with Crippen molar-refractivity contribution in [1.29, 1.82) is 0 Å². The van der Waals surface area contributed by atoms with E-state index >= 15 is 0 Å². The number of hydrogen-bond acceptors (Lipinski definition) is 2. The summed E-state index contributed by atoms with van der Waals surface area (Å²) in [5.41, 5.74) is 2.46. The third kappa shape index (κ3) is 3.65. The van der Waals surface area contributed by atoms with Gasteiger partial charge in [-0.3, -0.25) is 0 Å². The van der Waals surface area contributed by atoms with E-state index < -0.39 is 6.10 Å². The monoisotopic (exact) mass is 273 g/mol. The van der Waals surface area contributed by atoms with E-state index in [9.17, 15) is 9.50 Å². The van der Waals surface area contributed by atoms with Gasteiger partial charge in [0.05, 0.1) is 6.10 Å². The van der Waals surface area contributed by atoms with Crippen LogP contribution in [0.4, 0.5) is 4.39 Å². The first-order chi connectivity index (χ1) is 9.58. The Hall–Kier alpha value is -1.71. The van der Waals surface area contributed by atoms with Crippen molar-refractivity contribution in [2.75, 3.05) is 6.54 Å². The molecular weight excluding hydrogens is 253 g/mol. The maximum atomic E-state index is 13.2. The summed E-state index contributed by atoms with van der Waals surface area (Å²) in [4.78, 5) is 0. The van der Waals surface area contributed by atoms with Gasteiger partial charge in [0.2, 0.25) is 0 Å². The topological polar surface area (TPSA) is 32.3 Å². The summed E-state index contributed by atoms with van der Waals surface area (Å²) in [6.45, 7) is 4.19. The van der Waals surface area contributed by atoms with Crippen LogP contribution >= 0.6 is 0 Å². The van der Waals surface area contributed by atoms with E-state index in [1.54, 1.807) is 19.1 Å². The molecule has 2 unspecified atom stereocenters. The number of rotatable bonds is 5. The van der Waals surface area contributed by atoms with E-state index in [4.69, 9.17) is 0 Å². The van der Waals surface area contributed by atoms with E-state index in [0.717, 1.165) is 5.56 Å². The fourth-order valence-corrected chi connectivity index (χ4v) is 2.14. The maximum Gasteiger partial charge on any atom is 0.126 e. The third-order valence-corrected chi connectivity index (χ3v) is 3.48. The molecule has 0 aromatic heterocycles. The lowest BCUT2D eigenvalue weighted by atomic mass is 10.0. The van der Waals surface area contributed by atoms with Gasteiger partial charge in [-0.15, -0.1) is 0 Å². The Morgan fingerprint density at radius 1 is 1.10 bits per heavy atom. The van der Waals surface area contributed by atoms with Crippen LogP contribution in [0.25, 0.3) is 0 Å². The lowest BCUT2D eigenvalue weighted by Crippen LogP contribution is -2.24. The molecule has 0 saturated carbocycles. The number of benzene rings is 2. The first-order valence-corrected chi connectivity index (χ1v) is 6.80. The van der Waals surface area contributed by atoms with Crippen molar-refractivity contribution in [2.45, 2.75) is 26.0 Å². The van der Waals surface area contributed by atoms with Crippen LogP contribution in [0, 0.1) is 12.7 Å². The molecule has 2 aromatic rings. The minimum absolute atomic E-state index is 0.160. The van der Waals surface area contributed by atoms with Crippen molar-refractivity contribution < 1.29 is 9.50 Å². The van der Waals surface area contributed by atoms with Gasteiger partial charge in [0, 0.05) is 12.6 Å². The smallest absolute Gasteiger partial charge is 0.126 e. The van der Waals surface area contributed by atoms with E-state index in [0.29, 0.717) is 12.1 Å². The highest BCUT2D eigenvalue weighted by atomic mass is 19.1. The molecular formula is C17H20FNO. The predicted molar refractivity (Wildman–Crippen MR) is 79.0 cm³/mol. The zero-order valence-electron chi connectivity index (χ0n) is 11.8. The first kappa shape index (κ1) is 14.7. The second-order valence-corrected chi connectivity index (χ2v) is 5.07. The quantitative estimate of drug-likeness (QED) is 0.873. The number of aryl methyl sites for hydroxylation is 1. The van der Waals surface area contributed by atoms with Crippen LogP contribution in [0.3, 0.4) is 0 Å². The van der Waals surface area contributed by atoms with Crippen LogP contribution in [0.5, 0.6) is 0 Å². The van der Waals surface area contributed by atoms with Gasteiger partial charge in [-0.05, 0) is 36.6 Å². The molecule has 106 valence electrons. The van der Waals surface area contributed by atoms with Gasteiger partial charge in [0.1, 0.15) is 5.82 Å². The Morgan fingerprint density at radius 3 is 2.45 bits per heavy atom. The summed E-state index contributed by atoms with van der Waals surface area (Å²) < 4.78 is 13.2. The molecule has 2 rings (SSSR count). The summed E-state index contributed by atoms with van der Waals surface area (Å²) in [7, 11) is 0. The summed E-state index contributed by atoms with van der Waals surface area (Å²) in [5, 5.41) is 13.4. The zero-order valence-corrected chi connectivity index (χ0v) is 11.8. The molecule has 0 aliphatic carbocycles. The molecule has 0 fully saturated rings. The summed E-state index contributed by atoms with van der Waals surface area (Å²) >= 11 is 0. The van der Waals surface area contributed by atoms with Crippen molar-refractivity contribution in [3.05, 3.63) is 71.0 Å². The van der Waals surface area contributed by atoms with Crippen molar-refractivity contribution in [2.24, 2.45) is 0 Å². The molecule has 2 atom stereocenters. The van der Waals surface area contributed by atoms with Crippen LogP contribution in [-0.2, 0) is 0 Å². The molecule has 2 nitrogen and oxygen atoms in total. The van der Waals surface area contributed by atoms with E-state index in [1.807, 2.05) is 30.3 Å². The van der Waals surface area contributed by atoms with Crippen molar-refractivity contribution in [3.8, 4) is 0 Å². The second kappa shape index (κ2) is 6.64. The minimum Gasteiger partial charge on any atom is -0.387 e. The molecule has 0 heterocycles. The van der Waals surface area contributed by atoms with E-state index in [1.165, 1.54) is 11.6 Å². The van der Waals surface area contributed by atoms with Crippen LogP contribution in [0.15, 0.2) is 48.5 Å². The first-order valence-electron chi connectivity index (χ1n) is 6.80. The number of hydrogen-bond donors (Lipinski definition) is 2. The van der Waals surface area contributed by atoms with Crippen LogP contribution in [-0.4, -0.2) is 11.7 Å². The zero-order chi connectivity index (χ0) is 14.5. The van der Waals surface area contributed by atoms with Gasteiger partial charge in [-0.1, -0.05) is 42.5 Å². The molecule has 3 heteroatoms. The molecule has 0 radical (unpaired) electrons. The van der Waals surface area contributed by atoms with Gasteiger partial charge in [-0.25, -0.2) is 4.39 Å². The van der Waals surface area contributed by atoms with E-state index in [2.05, 4.69) is 12.2 Å². The Kier molecular flexibility index (Phi) is 4.88. The SMILES string of the molecule is Cc1cc(C(O)CNC(C)c2ccccc2)ccc1F. The Labute approximate surface area is 119 Å². The lowest BCUT2D eigenvalue weighted by molar-refractivity contribution is 0.170. The van der Waals surface area contributed by atoms with E-state index in [-0.39, 0.29) is 11.9 Å². The van der Waals surface area contributed by atoms with Gasteiger partial charge in [0.15, 0.2) is 0 Å². The standard InChI is InChI=1S/C17H20FNO/c1-12-10-15(8-9-16(12)18)17(20)11-19-13(2)14-6-4-3-5-7-14/h3-10,13,17,19-20H,11H2,1-2H3. The normalized spacial score (nSPS) is 14.0. The fraction of sp³-hybridized carbons (Fsp3) is 0.294. The number of aliphatic hydroxyl groups is 1. The van der Waals surface area contributed by atoms with Gasteiger partial charge >= 0.3 is 0 Å². The highest BCUT2D eigenvalue weighted by Crippen LogP contribution is 2.18. The summed E-state index contributed by atoms with van der Waals surface area (Å²) in [6.07, 6.45) is -0.638. The molecule has 2 aromatic carbocycles. The summed E-state index contributed by atoms with van der Waals surface area (Å²) in [6, 6.07) is 14.9. The lowest BCUT2D eigenvalue weighted by Gasteiger charge is -2.18. The second-order valence-electron chi connectivity index (χ2n) is 5.07. The molecule has 0 bridgehead atoms. The van der Waals surface area contributed by atoms with Crippen LogP contribution in [0.2, 0.25) is 0 Å².